The number of nitrogens with zero attached hydrogens (tertiary/aromatic N) is 1. The summed E-state index contributed by atoms with van der Waals surface area (Å²) in [5.74, 6) is 0.192. The van der Waals surface area contributed by atoms with Crippen LogP contribution in [0.25, 0.3) is 0 Å². The SMILES string of the molecule is CCCC1C=CC(C(=O)OCC)=NC1. The molecule has 1 heterocycles. The van der Waals surface area contributed by atoms with Gasteiger partial charge in [0.05, 0.1) is 6.61 Å². The zero-order valence-electron chi connectivity index (χ0n) is 8.82. The van der Waals surface area contributed by atoms with E-state index in [1.807, 2.05) is 0 Å². The van der Waals surface area contributed by atoms with Gasteiger partial charge in [-0.3, -0.25) is 4.99 Å². The molecule has 0 amide bonds. The number of aliphatic imine (C=N–C) groups is 1. The lowest BCUT2D eigenvalue weighted by Crippen LogP contribution is -2.20. The minimum atomic E-state index is -0.307. The van der Waals surface area contributed by atoms with Gasteiger partial charge in [-0.25, -0.2) is 4.79 Å². The molecule has 78 valence electrons. The molecular weight excluding hydrogens is 178 g/mol. The van der Waals surface area contributed by atoms with Crippen molar-refractivity contribution in [1.29, 1.82) is 0 Å². The van der Waals surface area contributed by atoms with E-state index in [4.69, 9.17) is 4.74 Å². The van der Waals surface area contributed by atoms with Crippen molar-refractivity contribution in [3.05, 3.63) is 12.2 Å². The van der Waals surface area contributed by atoms with E-state index in [0.717, 1.165) is 19.4 Å². The van der Waals surface area contributed by atoms with Gasteiger partial charge in [-0.1, -0.05) is 19.4 Å². The first-order valence-corrected chi connectivity index (χ1v) is 5.17. The lowest BCUT2D eigenvalue weighted by atomic mass is 10.0. The quantitative estimate of drug-likeness (QED) is 0.643. The third-order valence-electron chi connectivity index (χ3n) is 2.17. The van der Waals surface area contributed by atoms with Crippen molar-refractivity contribution in [2.45, 2.75) is 26.7 Å². The summed E-state index contributed by atoms with van der Waals surface area (Å²) in [5.41, 5.74) is 0.458. The Labute approximate surface area is 84.9 Å². The first-order chi connectivity index (χ1) is 6.77. The Morgan fingerprint density at radius 2 is 2.43 bits per heavy atom. The van der Waals surface area contributed by atoms with Gasteiger partial charge in [0.2, 0.25) is 0 Å². The van der Waals surface area contributed by atoms with Crippen molar-refractivity contribution >= 4 is 11.7 Å². The molecule has 0 aromatic carbocycles. The highest BCUT2D eigenvalue weighted by atomic mass is 16.5. The van der Waals surface area contributed by atoms with Gasteiger partial charge in [-0.05, 0) is 25.3 Å². The summed E-state index contributed by atoms with van der Waals surface area (Å²) >= 11 is 0. The van der Waals surface area contributed by atoms with Crippen molar-refractivity contribution in [1.82, 2.24) is 0 Å². The van der Waals surface area contributed by atoms with Crippen molar-refractivity contribution in [2.75, 3.05) is 13.2 Å². The van der Waals surface area contributed by atoms with Crippen LogP contribution in [0.3, 0.4) is 0 Å². The van der Waals surface area contributed by atoms with E-state index in [1.165, 1.54) is 0 Å². The number of hydrogen-bond donors (Lipinski definition) is 0. The standard InChI is InChI=1S/C11H17NO2/c1-3-5-9-6-7-10(12-8-9)11(13)14-4-2/h6-7,9H,3-5,8H2,1-2H3. The lowest BCUT2D eigenvalue weighted by Gasteiger charge is -2.13. The van der Waals surface area contributed by atoms with Crippen LogP contribution in [0.15, 0.2) is 17.1 Å². The Hall–Kier alpha value is -1.12. The maximum Gasteiger partial charge on any atom is 0.356 e. The van der Waals surface area contributed by atoms with Crippen molar-refractivity contribution in [3.8, 4) is 0 Å². The second-order valence-corrected chi connectivity index (χ2v) is 3.35. The average molecular weight is 195 g/mol. The lowest BCUT2D eigenvalue weighted by molar-refractivity contribution is -0.134. The van der Waals surface area contributed by atoms with Crippen LogP contribution in [0.4, 0.5) is 0 Å². The fourth-order valence-electron chi connectivity index (χ4n) is 1.45. The van der Waals surface area contributed by atoms with E-state index in [2.05, 4.69) is 18.0 Å². The Balaban J connectivity index is 2.46. The predicted molar refractivity (Wildman–Crippen MR) is 56.5 cm³/mol. The van der Waals surface area contributed by atoms with Crippen LogP contribution in [0.5, 0.6) is 0 Å². The van der Waals surface area contributed by atoms with Gasteiger partial charge in [0.25, 0.3) is 0 Å². The number of hydrogen-bond acceptors (Lipinski definition) is 3. The summed E-state index contributed by atoms with van der Waals surface area (Å²) in [7, 11) is 0. The first-order valence-electron chi connectivity index (χ1n) is 5.17. The largest absolute Gasteiger partial charge is 0.461 e. The molecule has 1 rings (SSSR count). The molecule has 0 spiro atoms. The van der Waals surface area contributed by atoms with E-state index in [0.29, 0.717) is 18.2 Å². The van der Waals surface area contributed by atoms with E-state index >= 15 is 0 Å². The average Bonchev–Trinajstić information content (AvgIpc) is 2.20. The van der Waals surface area contributed by atoms with Crippen LogP contribution in [0.1, 0.15) is 26.7 Å². The summed E-state index contributed by atoms with van der Waals surface area (Å²) < 4.78 is 4.86. The van der Waals surface area contributed by atoms with Gasteiger partial charge in [-0.2, -0.15) is 0 Å². The fourth-order valence-corrected chi connectivity index (χ4v) is 1.45. The molecule has 0 radical (unpaired) electrons. The topological polar surface area (TPSA) is 38.7 Å². The van der Waals surface area contributed by atoms with Gasteiger partial charge in [-0.15, -0.1) is 0 Å². The molecule has 0 aliphatic carbocycles. The first kappa shape index (κ1) is 11.0. The highest BCUT2D eigenvalue weighted by Gasteiger charge is 2.14. The molecule has 1 unspecified atom stereocenters. The summed E-state index contributed by atoms with van der Waals surface area (Å²) in [6, 6.07) is 0. The third-order valence-corrected chi connectivity index (χ3v) is 2.17. The zero-order chi connectivity index (χ0) is 10.4. The highest BCUT2D eigenvalue weighted by molar-refractivity contribution is 6.41. The minimum absolute atomic E-state index is 0.307. The molecule has 1 aliphatic heterocycles. The molecule has 0 fully saturated rings. The van der Waals surface area contributed by atoms with Gasteiger partial charge >= 0.3 is 5.97 Å². The molecular formula is C11H17NO2. The maximum atomic E-state index is 11.3. The monoisotopic (exact) mass is 195 g/mol. The highest BCUT2D eigenvalue weighted by Crippen LogP contribution is 2.12. The smallest absolute Gasteiger partial charge is 0.356 e. The fraction of sp³-hybridized carbons (Fsp3) is 0.636. The Bertz CT molecular complexity index is 256. The maximum absolute atomic E-state index is 11.3. The molecule has 0 aromatic heterocycles. The van der Waals surface area contributed by atoms with Crippen LogP contribution in [0, 0.1) is 5.92 Å². The number of rotatable bonds is 4. The summed E-state index contributed by atoms with van der Waals surface area (Å²) in [6.45, 7) is 5.08. The number of dihydropyridines is 1. The van der Waals surface area contributed by atoms with E-state index in [-0.39, 0.29) is 5.97 Å². The second-order valence-electron chi connectivity index (χ2n) is 3.35. The van der Waals surface area contributed by atoms with Crippen molar-refractivity contribution in [3.63, 3.8) is 0 Å². The van der Waals surface area contributed by atoms with Crippen LogP contribution in [-0.4, -0.2) is 24.8 Å². The number of esters is 1. The Morgan fingerprint density at radius 1 is 1.64 bits per heavy atom. The summed E-state index contributed by atoms with van der Waals surface area (Å²) in [4.78, 5) is 15.5. The second kappa shape index (κ2) is 5.58. The van der Waals surface area contributed by atoms with Crippen LogP contribution in [0.2, 0.25) is 0 Å². The van der Waals surface area contributed by atoms with Gasteiger partial charge in [0.1, 0.15) is 5.71 Å². The number of ether oxygens (including phenoxy) is 1. The van der Waals surface area contributed by atoms with Crippen molar-refractivity contribution in [2.24, 2.45) is 10.9 Å². The van der Waals surface area contributed by atoms with Crippen LogP contribution in [-0.2, 0) is 9.53 Å². The molecule has 3 heteroatoms. The molecule has 0 saturated carbocycles. The van der Waals surface area contributed by atoms with Crippen molar-refractivity contribution < 1.29 is 9.53 Å². The molecule has 0 aromatic rings. The molecule has 1 atom stereocenters. The molecule has 0 N–H and O–H groups in total. The molecule has 0 saturated heterocycles. The Morgan fingerprint density at radius 3 is 2.93 bits per heavy atom. The number of carbonyl (C=O) groups excluding carboxylic acids is 1. The third kappa shape index (κ3) is 2.98. The summed E-state index contributed by atoms with van der Waals surface area (Å²) in [5, 5.41) is 0. The van der Waals surface area contributed by atoms with Crippen LogP contribution >= 0.6 is 0 Å². The minimum Gasteiger partial charge on any atom is -0.461 e. The molecule has 0 bridgehead atoms. The van der Waals surface area contributed by atoms with E-state index in [1.54, 1.807) is 13.0 Å². The number of carbonyl (C=O) groups is 1. The predicted octanol–water partition coefficient (Wildman–Crippen LogP) is 1.98. The van der Waals surface area contributed by atoms with Crippen LogP contribution < -0.4 is 0 Å². The molecule has 3 nitrogen and oxygen atoms in total. The van der Waals surface area contributed by atoms with E-state index < -0.39 is 0 Å². The van der Waals surface area contributed by atoms with Gasteiger partial charge in [0.15, 0.2) is 0 Å². The van der Waals surface area contributed by atoms with Gasteiger partial charge in [0, 0.05) is 6.54 Å². The summed E-state index contributed by atoms with van der Waals surface area (Å²) in [6.07, 6.45) is 6.12. The van der Waals surface area contributed by atoms with E-state index in [9.17, 15) is 4.79 Å². The molecule has 14 heavy (non-hydrogen) atoms. The van der Waals surface area contributed by atoms with Gasteiger partial charge < -0.3 is 4.74 Å². The zero-order valence-corrected chi connectivity index (χ0v) is 8.82. The normalized spacial score (nSPS) is 20.4. The Kier molecular flexibility index (Phi) is 4.36. The molecule has 1 aliphatic rings.